The van der Waals surface area contributed by atoms with E-state index in [1.54, 1.807) is 6.07 Å². The van der Waals surface area contributed by atoms with Crippen molar-refractivity contribution in [3.8, 4) is 11.5 Å². The van der Waals surface area contributed by atoms with E-state index in [0.29, 0.717) is 5.75 Å². The van der Waals surface area contributed by atoms with E-state index in [4.69, 9.17) is 9.47 Å². The lowest BCUT2D eigenvalue weighted by Crippen LogP contribution is -2.32. The molecule has 0 atom stereocenters. The molecule has 0 unspecified atom stereocenters. The summed E-state index contributed by atoms with van der Waals surface area (Å²) in [7, 11) is 1.53. The molecule has 4 heteroatoms. The van der Waals surface area contributed by atoms with Crippen LogP contribution in [-0.4, -0.2) is 18.7 Å². The summed E-state index contributed by atoms with van der Waals surface area (Å²) in [5.41, 5.74) is 0.974. The molecular weight excluding hydrogens is 218 g/mol. The van der Waals surface area contributed by atoms with Crippen molar-refractivity contribution in [2.45, 2.75) is 32.3 Å². The van der Waals surface area contributed by atoms with Gasteiger partial charge in [0.2, 0.25) is 0 Å². The Kier molecular flexibility index (Phi) is 2.96. The first-order valence-electron chi connectivity index (χ1n) is 5.72. The maximum atomic E-state index is 11.1. The number of benzene rings is 1. The summed E-state index contributed by atoms with van der Waals surface area (Å²) in [5.74, 6) is 1.43. The Labute approximate surface area is 101 Å². The Morgan fingerprint density at radius 2 is 2.24 bits per heavy atom. The van der Waals surface area contributed by atoms with Crippen molar-refractivity contribution in [3.63, 3.8) is 0 Å². The van der Waals surface area contributed by atoms with Crippen molar-refractivity contribution in [1.82, 2.24) is 5.32 Å². The molecule has 0 aromatic heterocycles. The number of rotatable bonds is 1. The summed E-state index contributed by atoms with van der Waals surface area (Å²) in [6.45, 7) is 4.15. The fourth-order valence-corrected chi connectivity index (χ4v) is 1.86. The molecule has 0 bridgehead atoms. The number of fused-ring (bicyclic) bond motifs is 1. The summed E-state index contributed by atoms with van der Waals surface area (Å²) in [4.78, 5) is 11.1. The molecule has 1 amide bonds. The van der Waals surface area contributed by atoms with Crippen molar-refractivity contribution in [2.75, 3.05) is 7.05 Å². The highest BCUT2D eigenvalue weighted by molar-refractivity contribution is 5.70. The average molecular weight is 235 g/mol. The second-order valence-corrected chi connectivity index (χ2v) is 4.77. The maximum Gasteiger partial charge on any atom is 0.412 e. The van der Waals surface area contributed by atoms with Gasteiger partial charge in [0.1, 0.15) is 17.1 Å². The number of carbonyl (C=O) groups is 1. The zero-order chi connectivity index (χ0) is 12.5. The molecule has 92 valence electrons. The first-order valence-corrected chi connectivity index (χ1v) is 5.72. The van der Waals surface area contributed by atoms with Crippen LogP contribution in [0.1, 0.15) is 25.8 Å². The van der Waals surface area contributed by atoms with Gasteiger partial charge in [0, 0.05) is 7.05 Å². The summed E-state index contributed by atoms with van der Waals surface area (Å²) in [5, 5.41) is 2.41. The largest absolute Gasteiger partial charge is 0.488 e. The van der Waals surface area contributed by atoms with Crippen LogP contribution in [0.25, 0.3) is 0 Å². The van der Waals surface area contributed by atoms with Gasteiger partial charge in [-0.25, -0.2) is 4.79 Å². The lowest BCUT2D eigenvalue weighted by Gasteiger charge is -2.32. The normalized spacial score (nSPS) is 16.6. The predicted molar refractivity (Wildman–Crippen MR) is 64.6 cm³/mol. The third-order valence-electron chi connectivity index (χ3n) is 2.83. The van der Waals surface area contributed by atoms with Crippen LogP contribution in [0.3, 0.4) is 0 Å². The zero-order valence-electron chi connectivity index (χ0n) is 10.4. The zero-order valence-corrected chi connectivity index (χ0v) is 10.4. The lowest BCUT2D eigenvalue weighted by atomic mass is 9.94. The number of amides is 1. The number of carbonyl (C=O) groups excluding carboxylic acids is 1. The molecule has 0 fully saturated rings. The second-order valence-electron chi connectivity index (χ2n) is 4.77. The van der Waals surface area contributed by atoms with Gasteiger partial charge >= 0.3 is 6.09 Å². The SMILES string of the molecule is CNC(=O)Oc1ccc2c(c1)CCC(C)(C)O2. The molecule has 0 spiro atoms. The smallest absolute Gasteiger partial charge is 0.412 e. The van der Waals surface area contributed by atoms with E-state index in [1.165, 1.54) is 7.05 Å². The van der Waals surface area contributed by atoms with Gasteiger partial charge in [0.15, 0.2) is 0 Å². The fraction of sp³-hybridized carbons (Fsp3) is 0.462. The molecule has 4 nitrogen and oxygen atoms in total. The summed E-state index contributed by atoms with van der Waals surface area (Å²) in [6, 6.07) is 5.46. The van der Waals surface area contributed by atoms with Crippen LogP contribution in [-0.2, 0) is 6.42 Å². The molecule has 1 heterocycles. The van der Waals surface area contributed by atoms with Gasteiger partial charge in [-0.15, -0.1) is 0 Å². The van der Waals surface area contributed by atoms with E-state index in [0.717, 1.165) is 24.2 Å². The monoisotopic (exact) mass is 235 g/mol. The molecule has 0 aliphatic carbocycles. The molecule has 1 aromatic carbocycles. The summed E-state index contributed by atoms with van der Waals surface area (Å²) >= 11 is 0. The Bertz CT molecular complexity index is 440. The molecule has 0 saturated carbocycles. The standard InChI is InChI=1S/C13H17NO3/c1-13(2)7-6-9-8-10(16-12(15)14-3)4-5-11(9)17-13/h4-5,8H,6-7H2,1-3H3,(H,14,15). The quantitative estimate of drug-likeness (QED) is 0.813. The van der Waals surface area contributed by atoms with Crippen LogP contribution >= 0.6 is 0 Å². The van der Waals surface area contributed by atoms with Gasteiger partial charge in [-0.1, -0.05) is 0 Å². The number of hydrogen-bond acceptors (Lipinski definition) is 3. The maximum absolute atomic E-state index is 11.1. The average Bonchev–Trinajstić information content (AvgIpc) is 2.28. The molecular formula is C13H17NO3. The van der Waals surface area contributed by atoms with Gasteiger partial charge in [-0.05, 0) is 50.5 Å². The van der Waals surface area contributed by atoms with Crippen LogP contribution < -0.4 is 14.8 Å². The number of nitrogens with one attached hydrogen (secondary N) is 1. The molecule has 1 aliphatic heterocycles. The molecule has 0 saturated heterocycles. The van der Waals surface area contributed by atoms with Crippen molar-refractivity contribution >= 4 is 6.09 Å². The highest BCUT2D eigenvalue weighted by Crippen LogP contribution is 2.34. The molecule has 1 aliphatic rings. The van der Waals surface area contributed by atoms with Crippen LogP contribution in [0.15, 0.2) is 18.2 Å². The third-order valence-corrected chi connectivity index (χ3v) is 2.83. The predicted octanol–water partition coefficient (Wildman–Crippen LogP) is 2.51. The van der Waals surface area contributed by atoms with E-state index in [9.17, 15) is 4.79 Å². The van der Waals surface area contributed by atoms with Gasteiger partial charge < -0.3 is 14.8 Å². The van der Waals surface area contributed by atoms with Gasteiger partial charge in [0.25, 0.3) is 0 Å². The minimum Gasteiger partial charge on any atom is -0.488 e. The Hall–Kier alpha value is -1.71. The lowest BCUT2D eigenvalue weighted by molar-refractivity contribution is 0.0845. The highest BCUT2D eigenvalue weighted by atomic mass is 16.6. The van der Waals surface area contributed by atoms with E-state index in [2.05, 4.69) is 19.2 Å². The fourth-order valence-electron chi connectivity index (χ4n) is 1.86. The molecule has 1 N–H and O–H groups in total. The van der Waals surface area contributed by atoms with E-state index in [1.807, 2.05) is 12.1 Å². The van der Waals surface area contributed by atoms with E-state index < -0.39 is 6.09 Å². The Balaban J connectivity index is 2.18. The van der Waals surface area contributed by atoms with Crippen LogP contribution in [0.5, 0.6) is 11.5 Å². The topological polar surface area (TPSA) is 47.6 Å². The van der Waals surface area contributed by atoms with Crippen LogP contribution in [0.4, 0.5) is 4.79 Å². The number of ether oxygens (including phenoxy) is 2. The van der Waals surface area contributed by atoms with Gasteiger partial charge in [0.05, 0.1) is 0 Å². The second kappa shape index (κ2) is 4.28. The molecule has 0 radical (unpaired) electrons. The Morgan fingerprint density at radius 1 is 1.47 bits per heavy atom. The van der Waals surface area contributed by atoms with Crippen LogP contribution in [0, 0.1) is 0 Å². The summed E-state index contributed by atoms with van der Waals surface area (Å²) in [6.07, 6.45) is 1.44. The Morgan fingerprint density at radius 3 is 2.94 bits per heavy atom. The van der Waals surface area contributed by atoms with E-state index >= 15 is 0 Å². The molecule has 1 aromatic rings. The molecule has 17 heavy (non-hydrogen) atoms. The summed E-state index contributed by atoms with van der Waals surface area (Å²) < 4.78 is 10.9. The molecule has 2 rings (SSSR count). The highest BCUT2D eigenvalue weighted by Gasteiger charge is 2.26. The van der Waals surface area contributed by atoms with Crippen molar-refractivity contribution in [2.24, 2.45) is 0 Å². The van der Waals surface area contributed by atoms with Crippen molar-refractivity contribution in [3.05, 3.63) is 23.8 Å². The first kappa shape index (κ1) is 11.8. The first-order chi connectivity index (χ1) is 8.00. The van der Waals surface area contributed by atoms with Crippen LogP contribution in [0.2, 0.25) is 0 Å². The van der Waals surface area contributed by atoms with Crippen molar-refractivity contribution in [1.29, 1.82) is 0 Å². The van der Waals surface area contributed by atoms with Gasteiger partial charge in [-0.3, -0.25) is 0 Å². The van der Waals surface area contributed by atoms with Gasteiger partial charge in [-0.2, -0.15) is 0 Å². The minimum absolute atomic E-state index is 0.115. The minimum atomic E-state index is -0.456. The van der Waals surface area contributed by atoms with E-state index in [-0.39, 0.29) is 5.60 Å². The van der Waals surface area contributed by atoms with Crippen molar-refractivity contribution < 1.29 is 14.3 Å². The number of hydrogen-bond donors (Lipinski definition) is 1. The third kappa shape index (κ3) is 2.70. The number of aryl methyl sites for hydroxylation is 1.